The van der Waals surface area contributed by atoms with Crippen LogP contribution in [0.15, 0.2) is 42.5 Å². The number of benzene rings is 2. The van der Waals surface area contributed by atoms with Gasteiger partial charge >= 0.3 is 0 Å². The van der Waals surface area contributed by atoms with Crippen LogP contribution in [0.2, 0.25) is 0 Å². The first kappa shape index (κ1) is 13.0. The van der Waals surface area contributed by atoms with Gasteiger partial charge in [0.25, 0.3) is 0 Å². The van der Waals surface area contributed by atoms with Crippen LogP contribution in [0.1, 0.15) is 22.8 Å². The Labute approximate surface area is 112 Å². The van der Waals surface area contributed by atoms with E-state index >= 15 is 0 Å². The van der Waals surface area contributed by atoms with Crippen molar-refractivity contribution in [2.24, 2.45) is 0 Å². The smallest absolute Gasteiger partial charge is 0.161 e. The lowest BCUT2D eigenvalue weighted by molar-refractivity contribution is 0.101. The molecule has 0 fully saturated rings. The second-order valence-corrected chi connectivity index (χ2v) is 4.29. The summed E-state index contributed by atoms with van der Waals surface area (Å²) in [6.45, 7) is 1.85. The van der Waals surface area contributed by atoms with E-state index in [-0.39, 0.29) is 5.78 Å². The van der Waals surface area contributed by atoms with Gasteiger partial charge in [-0.2, -0.15) is 0 Å². The lowest BCUT2D eigenvalue weighted by atomic mass is 10.1. The Morgan fingerprint density at radius 2 is 1.84 bits per heavy atom. The molecule has 2 rings (SSSR count). The molecule has 4 N–H and O–H groups in total. The van der Waals surface area contributed by atoms with Crippen LogP contribution in [0.5, 0.6) is 5.75 Å². The summed E-state index contributed by atoms with van der Waals surface area (Å²) < 4.78 is 5.62. The monoisotopic (exact) mass is 256 g/mol. The number of ketones is 1. The highest BCUT2D eigenvalue weighted by molar-refractivity contribution is 5.99. The normalized spacial score (nSPS) is 10.2. The topological polar surface area (TPSA) is 78.3 Å². The summed E-state index contributed by atoms with van der Waals surface area (Å²) in [6, 6.07) is 12.6. The van der Waals surface area contributed by atoms with E-state index in [1.165, 1.54) is 6.92 Å². The molecule has 2 aromatic carbocycles. The minimum absolute atomic E-state index is 0.0589. The Morgan fingerprint density at radius 3 is 2.47 bits per heavy atom. The highest BCUT2D eigenvalue weighted by Gasteiger charge is 2.06. The lowest BCUT2D eigenvalue weighted by Gasteiger charge is -2.10. The van der Waals surface area contributed by atoms with Gasteiger partial charge in [-0.05, 0) is 25.1 Å². The molecule has 19 heavy (non-hydrogen) atoms. The van der Waals surface area contributed by atoms with E-state index in [0.717, 1.165) is 5.56 Å². The average Bonchev–Trinajstić information content (AvgIpc) is 2.37. The number of nitrogen functional groups attached to an aromatic ring is 2. The molecule has 0 aliphatic carbocycles. The van der Waals surface area contributed by atoms with E-state index in [1.807, 2.05) is 24.3 Å². The fraction of sp³-hybridized carbons (Fsp3) is 0.133. The molecule has 4 heteroatoms. The summed E-state index contributed by atoms with van der Waals surface area (Å²) in [5.74, 6) is 0.558. The number of carbonyl (C=O) groups is 1. The van der Waals surface area contributed by atoms with Gasteiger partial charge in [-0.3, -0.25) is 4.79 Å². The molecule has 0 bridgehead atoms. The third kappa shape index (κ3) is 3.04. The molecule has 0 radical (unpaired) electrons. The first-order valence-corrected chi connectivity index (χ1v) is 5.94. The zero-order valence-corrected chi connectivity index (χ0v) is 10.7. The Balaban J connectivity index is 2.11. The number of ether oxygens (including phenoxy) is 1. The van der Waals surface area contributed by atoms with E-state index in [0.29, 0.717) is 29.3 Å². The first-order valence-electron chi connectivity index (χ1n) is 5.94. The van der Waals surface area contributed by atoms with Crippen molar-refractivity contribution in [3.8, 4) is 5.75 Å². The molecular weight excluding hydrogens is 240 g/mol. The van der Waals surface area contributed by atoms with Gasteiger partial charge < -0.3 is 16.2 Å². The molecule has 0 saturated carbocycles. The number of anilines is 2. The molecular formula is C15H16N2O2. The van der Waals surface area contributed by atoms with Gasteiger partial charge in [-0.1, -0.05) is 18.2 Å². The second-order valence-electron chi connectivity index (χ2n) is 4.29. The predicted octanol–water partition coefficient (Wildman–Crippen LogP) is 2.63. The minimum Gasteiger partial charge on any atom is -0.489 e. The summed E-state index contributed by atoms with van der Waals surface area (Å²) in [6.07, 6.45) is 0. The van der Waals surface area contributed by atoms with Crippen molar-refractivity contribution < 1.29 is 9.53 Å². The molecule has 4 nitrogen and oxygen atoms in total. The van der Waals surface area contributed by atoms with Crippen LogP contribution >= 0.6 is 0 Å². The molecule has 0 saturated heterocycles. The van der Waals surface area contributed by atoms with Crippen molar-refractivity contribution in [2.45, 2.75) is 13.5 Å². The Bertz CT molecular complexity index is 609. The standard InChI is InChI=1S/C15H16N2O2/c1-10(18)13-7-6-12(8-15(13)17)19-9-11-4-2-3-5-14(11)16/h2-8H,9,16-17H2,1H3. The van der Waals surface area contributed by atoms with Gasteiger partial charge in [-0.25, -0.2) is 0 Å². The van der Waals surface area contributed by atoms with Crippen molar-refractivity contribution >= 4 is 17.2 Å². The molecule has 0 aliphatic heterocycles. The number of hydrogen-bond acceptors (Lipinski definition) is 4. The SMILES string of the molecule is CC(=O)c1ccc(OCc2ccccc2N)cc1N. The van der Waals surface area contributed by atoms with Gasteiger partial charge in [0.05, 0.1) is 0 Å². The van der Waals surface area contributed by atoms with Crippen LogP contribution in [0.25, 0.3) is 0 Å². The van der Waals surface area contributed by atoms with Crippen molar-refractivity contribution in [1.82, 2.24) is 0 Å². The highest BCUT2D eigenvalue weighted by Crippen LogP contribution is 2.22. The number of rotatable bonds is 4. The fourth-order valence-corrected chi connectivity index (χ4v) is 1.78. The van der Waals surface area contributed by atoms with Crippen molar-refractivity contribution in [2.75, 3.05) is 11.5 Å². The maximum Gasteiger partial charge on any atom is 0.161 e. The fourth-order valence-electron chi connectivity index (χ4n) is 1.78. The molecule has 0 unspecified atom stereocenters. The first-order chi connectivity index (χ1) is 9.08. The number of Topliss-reactive ketones (excluding diaryl/α,β-unsaturated/α-hetero) is 1. The molecule has 0 spiro atoms. The molecule has 0 atom stereocenters. The van der Waals surface area contributed by atoms with Gasteiger partial charge in [0.1, 0.15) is 12.4 Å². The summed E-state index contributed by atoms with van der Waals surface area (Å²) in [5, 5.41) is 0. The Hall–Kier alpha value is -2.49. The lowest BCUT2D eigenvalue weighted by Crippen LogP contribution is -2.02. The Kier molecular flexibility index (Phi) is 3.71. The second kappa shape index (κ2) is 5.44. The van der Waals surface area contributed by atoms with Gasteiger partial charge in [0.15, 0.2) is 5.78 Å². The summed E-state index contributed by atoms with van der Waals surface area (Å²) in [4.78, 5) is 11.3. The highest BCUT2D eigenvalue weighted by atomic mass is 16.5. The third-order valence-electron chi connectivity index (χ3n) is 2.85. The summed E-state index contributed by atoms with van der Waals surface area (Å²) in [5.41, 5.74) is 14.2. The van der Waals surface area contributed by atoms with Crippen LogP contribution in [-0.2, 0) is 6.61 Å². The van der Waals surface area contributed by atoms with Crippen LogP contribution in [0.3, 0.4) is 0 Å². The molecule has 0 aromatic heterocycles. The number of para-hydroxylation sites is 1. The predicted molar refractivity (Wildman–Crippen MR) is 76.0 cm³/mol. The van der Waals surface area contributed by atoms with Crippen LogP contribution < -0.4 is 16.2 Å². The summed E-state index contributed by atoms with van der Waals surface area (Å²) >= 11 is 0. The third-order valence-corrected chi connectivity index (χ3v) is 2.85. The molecule has 98 valence electrons. The largest absolute Gasteiger partial charge is 0.489 e. The molecule has 0 aliphatic rings. The number of nitrogens with two attached hydrogens (primary N) is 2. The quantitative estimate of drug-likeness (QED) is 0.651. The number of hydrogen-bond donors (Lipinski definition) is 2. The van der Waals surface area contributed by atoms with E-state index in [1.54, 1.807) is 18.2 Å². The van der Waals surface area contributed by atoms with Crippen molar-refractivity contribution in [3.63, 3.8) is 0 Å². The van der Waals surface area contributed by atoms with E-state index in [2.05, 4.69) is 0 Å². The molecule has 2 aromatic rings. The number of carbonyl (C=O) groups excluding carboxylic acids is 1. The maximum atomic E-state index is 11.3. The minimum atomic E-state index is -0.0589. The molecule has 0 heterocycles. The van der Waals surface area contributed by atoms with Crippen molar-refractivity contribution in [3.05, 3.63) is 53.6 Å². The van der Waals surface area contributed by atoms with E-state index in [4.69, 9.17) is 16.2 Å². The Morgan fingerprint density at radius 1 is 1.11 bits per heavy atom. The van der Waals surface area contributed by atoms with Crippen molar-refractivity contribution in [1.29, 1.82) is 0 Å². The van der Waals surface area contributed by atoms with Crippen LogP contribution in [0.4, 0.5) is 11.4 Å². The van der Waals surface area contributed by atoms with E-state index in [9.17, 15) is 4.79 Å². The van der Waals surface area contributed by atoms with Gasteiger partial charge in [0.2, 0.25) is 0 Å². The maximum absolute atomic E-state index is 11.3. The van der Waals surface area contributed by atoms with E-state index < -0.39 is 0 Å². The van der Waals surface area contributed by atoms with Gasteiger partial charge in [0, 0.05) is 28.6 Å². The molecule has 0 amide bonds. The zero-order valence-electron chi connectivity index (χ0n) is 10.7. The van der Waals surface area contributed by atoms with Crippen LogP contribution in [0, 0.1) is 0 Å². The summed E-state index contributed by atoms with van der Waals surface area (Å²) in [7, 11) is 0. The van der Waals surface area contributed by atoms with Gasteiger partial charge in [-0.15, -0.1) is 0 Å². The average molecular weight is 256 g/mol. The van der Waals surface area contributed by atoms with Crippen LogP contribution in [-0.4, -0.2) is 5.78 Å². The zero-order chi connectivity index (χ0) is 13.8.